The molecule has 3 heterocycles. The summed E-state index contributed by atoms with van der Waals surface area (Å²) in [7, 11) is 2.06. The lowest BCUT2D eigenvalue weighted by atomic mass is 9.81. The van der Waals surface area contributed by atoms with Crippen LogP contribution in [-0.4, -0.2) is 24.7 Å². The van der Waals surface area contributed by atoms with Crippen LogP contribution in [0.3, 0.4) is 0 Å². The van der Waals surface area contributed by atoms with Crippen molar-refractivity contribution in [3.63, 3.8) is 0 Å². The Morgan fingerprint density at radius 2 is 1.78 bits per heavy atom. The first-order chi connectivity index (χ1) is 11.1. The van der Waals surface area contributed by atoms with Gasteiger partial charge in [-0.2, -0.15) is 0 Å². The largest absolute Gasteiger partial charge is 0.481 e. The Morgan fingerprint density at radius 1 is 1.17 bits per heavy atom. The van der Waals surface area contributed by atoms with E-state index < -0.39 is 5.97 Å². The number of fused-ring (bicyclic) bond motifs is 3. The van der Waals surface area contributed by atoms with Gasteiger partial charge in [-0.1, -0.05) is 25.1 Å². The number of carboxylic acid groups (broad SMARTS) is 1. The molecule has 2 atom stereocenters. The second kappa shape index (κ2) is 6.32. The molecule has 0 amide bonds. The number of hydrogen-bond acceptors (Lipinski definition) is 3. The first-order valence-electron chi connectivity index (χ1n) is 7.87. The molecule has 0 saturated carbocycles. The molecule has 0 spiro atoms. The molecule has 120 valence electrons. The monoisotopic (exact) mass is 311 g/mol. The van der Waals surface area contributed by atoms with Crippen molar-refractivity contribution in [1.82, 2.24) is 0 Å². The van der Waals surface area contributed by atoms with Gasteiger partial charge >= 0.3 is 5.97 Å². The Hall–Kier alpha value is -2.49. The zero-order valence-corrected chi connectivity index (χ0v) is 13.4. The first-order valence-corrected chi connectivity index (χ1v) is 7.87. The summed E-state index contributed by atoms with van der Waals surface area (Å²) < 4.78 is 5.08. The van der Waals surface area contributed by atoms with Gasteiger partial charge in [0.15, 0.2) is 0 Å². The molecule has 1 N–H and O–H groups in total. The second-order valence-electron chi connectivity index (χ2n) is 6.08. The third-order valence-corrected chi connectivity index (χ3v) is 4.58. The van der Waals surface area contributed by atoms with Crippen molar-refractivity contribution in [2.24, 2.45) is 5.92 Å². The molecular formula is C19H21NO3. The van der Waals surface area contributed by atoms with E-state index in [0.29, 0.717) is 0 Å². The highest BCUT2D eigenvalue weighted by atomic mass is 16.4. The average molecular weight is 311 g/mol. The molecule has 0 saturated heterocycles. The summed E-state index contributed by atoms with van der Waals surface area (Å²) in [6.07, 6.45) is 0.918. The predicted molar refractivity (Wildman–Crippen MR) is 91.3 cm³/mol. The molecule has 4 heteroatoms. The Bertz CT molecular complexity index is 734. The number of para-hydroxylation sites is 1. The standard InChI is InChI=1S/C13H17NO2.C6H4O/c1-9(13(15)16)10-7-8-14(2)12-6-4-3-5-11(10)12;1-2-6-4-3-5(1)7-6/h3-6,9-10H,7-8H2,1-2H3,(H,15,16);1-4H. The molecule has 0 radical (unpaired) electrons. The quantitative estimate of drug-likeness (QED) is 0.770. The van der Waals surface area contributed by atoms with E-state index in [1.807, 2.05) is 36.4 Å². The van der Waals surface area contributed by atoms with Gasteiger partial charge in [-0.3, -0.25) is 4.79 Å². The summed E-state index contributed by atoms with van der Waals surface area (Å²) in [4.78, 5) is 13.3. The van der Waals surface area contributed by atoms with Gasteiger partial charge < -0.3 is 14.4 Å². The molecular weight excluding hydrogens is 290 g/mol. The highest BCUT2D eigenvalue weighted by Crippen LogP contribution is 2.38. The molecule has 1 aromatic carbocycles. The summed E-state index contributed by atoms with van der Waals surface area (Å²) >= 11 is 0. The number of hydrogen-bond donors (Lipinski definition) is 1. The van der Waals surface area contributed by atoms with E-state index in [0.717, 1.165) is 24.1 Å². The first kappa shape index (κ1) is 15.4. The molecule has 4 nitrogen and oxygen atoms in total. The summed E-state index contributed by atoms with van der Waals surface area (Å²) in [5, 5.41) is 9.11. The number of rotatable bonds is 2. The molecule has 2 unspecified atom stereocenters. The zero-order valence-electron chi connectivity index (χ0n) is 13.4. The van der Waals surface area contributed by atoms with Gasteiger partial charge in [0.1, 0.15) is 11.2 Å². The zero-order chi connectivity index (χ0) is 16.4. The number of carbonyl (C=O) groups is 1. The Morgan fingerprint density at radius 3 is 2.30 bits per heavy atom. The minimum absolute atomic E-state index is 0.143. The number of furan rings is 2. The van der Waals surface area contributed by atoms with E-state index in [1.54, 1.807) is 6.92 Å². The highest BCUT2D eigenvalue weighted by Gasteiger charge is 2.30. The number of benzene rings is 2. The van der Waals surface area contributed by atoms with Crippen molar-refractivity contribution in [2.75, 3.05) is 18.5 Å². The minimum atomic E-state index is -0.704. The number of anilines is 1. The van der Waals surface area contributed by atoms with E-state index in [-0.39, 0.29) is 11.8 Å². The van der Waals surface area contributed by atoms with Crippen molar-refractivity contribution in [1.29, 1.82) is 0 Å². The van der Waals surface area contributed by atoms with E-state index in [1.165, 1.54) is 11.3 Å². The summed E-state index contributed by atoms with van der Waals surface area (Å²) in [6, 6.07) is 15.9. The van der Waals surface area contributed by atoms with Crippen LogP contribution in [0.2, 0.25) is 0 Å². The Labute approximate surface area is 135 Å². The summed E-state index contributed by atoms with van der Waals surface area (Å²) in [5.41, 5.74) is 4.28. The van der Waals surface area contributed by atoms with Crippen molar-refractivity contribution < 1.29 is 14.3 Å². The van der Waals surface area contributed by atoms with Gasteiger partial charge in [-0.05, 0) is 42.3 Å². The molecule has 3 aromatic rings. The molecule has 0 aliphatic carbocycles. The fourth-order valence-electron chi connectivity index (χ4n) is 3.16. The lowest BCUT2D eigenvalue weighted by molar-refractivity contribution is -0.142. The highest BCUT2D eigenvalue weighted by molar-refractivity contribution is 5.72. The van der Waals surface area contributed by atoms with Crippen molar-refractivity contribution in [3.05, 3.63) is 54.1 Å². The fraction of sp³-hybridized carbons (Fsp3) is 0.316. The SMILES string of the molecule is CC(C(=O)O)C1CCN(C)c2ccccc21.c1cc2ccc1o2. The Kier molecular flexibility index (Phi) is 4.24. The van der Waals surface area contributed by atoms with Gasteiger partial charge in [0.05, 0.1) is 5.92 Å². The maximum atomic E-state index is 11.1. The van der Waals surface area contributed by atoms with Gasteiger partial charge in [-0.15, -0.1) is 0 Å². The summed E-state index contributed by atoms with van der Waals surface area (Å²) in [5.74, 6) is -0.871. The molecule has 2 aromatic heterocycles. The van der Waals surface area contributed by atoms with Crippen LogP contribution < -0.4 is 4.90 Å². The van der Waals surface area contributed by atoms with Crippen LogP contribution in [0.25, 0.3) is 11.2 Å². The van der Waals surface area contributed by atoms with Crippen molar-refractivity contribution in [2.45, 2.75) is 19.3 Å². The lowest BCUT2D eigenvalue weighted by Gasteiger charge is -2.34. The molecule has 23 heavy (non-hydrogen) atoms. The van der Waals surface area contributed by atoms with Crippen LogP contribution in [0.15, 0.2) is 52.9 Å². The average Bonchev–Trinajstić information content (AvgIpc) is 3.21. The number of carboxylic acids is 1. The fourth-order valence-corrected chi connectivity index (χ4v) is 3.16. The molecule has 1 aliphatic rings. The molecule has 0 fully saturated rings. The molecule has 4 rings (SSSR count). The van der Waals surface area contributed by atoms with Crippen molar-refractivity contribution >= 4 is 22.8 Å². The summed E-state index contributed by atoms with van der Waals surface area (Å²) in [6.45, 7) is 2.73. The lowest BCUT2D eigenvalue weighted by Crippen LogP contribution is -2.31. The number of aliphatic carboxylic acids is 1. The van der Waals surface area contributed by atoms with E-state index in [4.69, 9.17) is 9.52 Å². The number of nitrogens with zero attached hydrogens (tertiary/aromatic N) is 1. The van der Waals surface area contributed by atoms with Crippen LogP contribution in [0.1, 0.15) is 24.8 Å². The van der Waals surface area contributed by atoms with Crippen LogP contribution >= 0.6 is 0 Å². The van der Waals surface area contributed by atoms with Crippen LogP contribution in [0.4, 0.5) is 5.69 Å². The Balaban J connectivity index is 0.000000183. The molecule has 1 aliphatic heterocycles. The van der Waals surface area contributed by atoms with E-state index in [9.17, 15) is 4.79 Å². The van der Waals surface area contributed by atoms with E-state index in [2.05, 4.69) is 24.1 Å². The van der Waals surface area contributed by atoms with Gasteiger partial charge in [0.2, 0.25) is 0 Å². The van der Waals surface area contributed by atoms with Crippen molar-refractivity contribution in [3.8, 4) is 0 Å². The van der Waals surface area contributed by atoms with Crippen LogP contribution in [0, 0.1) is 5.92 Å². The van der Waals surface area contributed by atoms with Gasteiger partial charge in [0, 0.05) is 25.2 Å². The van der Waals surface area contributed by atoms with Crippen LogP contribution in [-0.2, 0) is 4.79 Å². The topological polar surface area (TPSA) is 53.7 Å². The van der Waals surface area contributed by atoms with Gasteiger partial charge in [-0.25, -0.2) is 0 Å². The maximum Gasteiger partial charge on any atom is 0.306 e. The third-order valence-electron chi connectivity index (χ3n) is 4.58. The van der Waals surface area contributed by atoms with Crippen LogP contribution in [0.5, 0.6) is 0 Å². The molecule has 2 bridgehead atoms. The minimum Gasteiger partial charge on any atom is -0.481 e. The predicted octanol–water partition coefficient (Wildman–Crippen LogP) is 4.20. The maximum absolute atomic E-state index is 11.1. The third kappa shape index (κ3) is 3.16. The normalized spacial score (nSPS) is 18.2. The van der Waals surface area contributed by atoms with Gasteiger partial charge in [0.25, 0.3) is 0 Å². The second-order valence-corrected chi connectivity index (χ2v) is 6.08. The smallest absolute Gasteiger partial charge is 0.306 e. The van der Waals surface area contributed by atoms with E-state index >= 15 is 0 Å².